The standard InChI is InChI=1S/C16H24INO3S/c1-3-4-9-21-16-12-18(11-14(16)10-17)22(19,20)15-7-5-13(2)6-8-15/h5-8,14,16H,3-4,9-12H2,1-2H3. The Morgan fingerprint density at radius 2 is 1.95 bits per heavy atom. The molecule has 4 nitrogen and oxygen atoms in total. The second-order valence-electron chi connectivity index (χ2n) is 5.81. The topological polar surface area (TPSA) is 46.6 Å². The van der Waals surface area contributed by atoms with Crippen LogP contribution >= 0.6 is 22.6 Å². The molecular weight excluding hydrogens is 413 g/mol. The number of hydrogen-bond acceptors (Lipinski definition) is 3. The summed E-state index contributed by atoms with van der Waals surface area (Å²) in [6.07, 6.45) is 2.13. The van der Waals surface area contributed by atoms with E-state index < -0.39 is 10.0 Å². The molecule has 1 aliphatic heterocycles. The van der Waals surface area contributed by atoms with Crippen LogP contribution in [0.25, 0.3) is 0 Å². The van der Waals surface area contributed by atoms with Gasteiger partial charge in [0.2, 0.25) is 10.0 Å². The van der Waals surface area contributed by atoms with Crippen molar-refractivity contribution in [2.45, 2.75) is 37.7 Å². The lowest BCUT2D eigenvalue weighted by atomic mass is 10.1. The molecule has 1 heterocycles. The monoisotopic (exact) mass is 437 g/mol. The summed E-state index contributed by atoms with van der Waals surface area (Å²) in [6, 6.07) is 7.06. The Morgan fingerprint density at radius 1 is 1.27 bits per heavy atom. The first-order valence-electron chi connectivity index (χ1n) is 7.73. The summed E-state index contributed by atoms with van der Waals surface area (Å²) in [6.45, 7) is 5.81. The third-order valence-corrected chi connectivity index (χ3v) is 7.01. The van der Waals surface area contributed by atoms with Gasteiger partial charge in [0.1, 0.15) is 0 Å². The van der Waals surface area contributed by atoms with Gasteiger partial charge in [0.05, 0.1) is 11.0 Å². The molecule has 1 aromatic rings. The first-order chi connectivity index (χ1) is 10.5. The van der Waals surface area contributed by atoms with Crippen LogP contribution in [0.3, 0.4) is 0 Å². The van der Waals surface area contributed by atoms with Crippen molar-refractivity contribution in [3.05, 3.63) is 29.8 Å². The SMILES string of the molecule is CCCCOC1CN(S(=O)(=O)c2ccc(C)cc2)CC1CI. The minimum absolute atomic E-state index is 0.0173. The molecule has 1 aromatic carbocycles. The van der Waals surface area contributed by atoms with Gasteiger partial charge in [-0.15, -0.1) is 0 Å². The van der Waals surface area contributed by atoms with E-state index in [1.165, 1.54) is 0 Å². The Hall–Kier alpha value is -0.180. The van der Waals surface area contributed by atoms with Crippen LogP contribution in [0.1, 0.15) is 25.3 Å². The van der Waals surface area contributed by atoms with Crippen molar-refractivity contribution in [1.82, 2.24) is 4.31 Å². The molecule has 6 heteroatoms. The van der Waals surface area contributed by atoms with Crippen molar-refractivity contribution in [3.63, 3.8) is 0 Å². The van der Waals surface area contributed by atoms with Gasteiger partial charge in [0.15, 0.2) is 0 Å². The molecule has 22 heavy (non-hydrogen) atoms. The summed E-state index contributed by atoms with van der Waals surface area (Å²) in [7, 11) is -3.41. The number of hydrogen-bond donors (Lipinski definition) is 0. The first-order valence-corrected chi connectivity index (χ1v) is 10.7. The highest BCUT2D eigenvalue weighted by Gasteiger charge is 2.39. The Bertz CT molecular complexity index is 574. The van der Waals surface area contributed by atoms with E-state index in [1.54, 1.807) is 16.4 Å². The molecule has 0 radical (unpaired) electrons. The molecule has 2 rings (SSSR count). The van der Waals surface area contributed by atoms with Crippen LogP contribution in [-0.2, 0) is 14.8 Å². The number of halogens is 1. The quantitative estimate of drug-likeness (QED) is 0.374. The molecule has 124 valence electrons. The summed E-state index contributed by atoms with van der Waals surface area (Å²) in [4.78, 5) is 0.375. The van der Waals surface area contributed by atoms with E-state index in [0.717, 1.165) is 22.8 Å². The highest BCUT2D eigenvalue weighted by molar-refractivity contribution is 14.1. The lowest BCUT2D eigenvalue weighted by molar-refractivity contribution is 0.0407. The van der Waals surface area contributed by atoms with Crippen LogP contribution in [0.5, 0.6) is 0 Å². The summed E-state index contributed by atoms with van der Waals surface area (Å²) >= 11 is 2.32. The predicted octanol–water partition coefficient (Wildman–Crippen LogP) is 3.24. The lowest BCUT2D eigenvalue weighted by Crippen LogP contribution is -2.30. The van der Waals surface area contributed by atoms with Crippen LogP contribution < -0.4 is 0 Å². The zero-order valence-electron chi connectivity index (χ0n) is 13.2. The molecule has 2 atom stereocenters. The van der Waals surface area contributed by atoms with Crippen LogP contribution in [0, 0.1) is 12.8 Å². The summed E-state index contributed by atoms with van der Waals surface area (Å²) < 4.78 is 33.9. The van der Waals surface area contributed by atoms with E-state index in [0.29, 0.717) is 24.6 Å². The normalized spacial score (nSPS) is 23.0. The van der Waals surface area contributed by atoms with Gasteiger partial charge < -0.3 is 4.74 Å². The molecule has 0 aromatic heterocycles. The summed E-state index contributed by atoms with van der Waals surface area (Å²) in [5.74, 6) is 0.276. The maximum atomic E-state index is 12.8. The zero-order chi connectivity index (χ0) is 16.2. The van der Waals surface area contributed by atoms with Crippen molar-refractivity contribution in [1.29, 1.82) is 0 Å². The van der Waals surface area contributed by atoms with Gasteiger partial charge in [-0.3, -0.25) is 0 Å². The van der Waals surface area contributed by atoms with E-state index >= 15 is 0 Å². The van der Waals surface area contributed by atoms with Crippen LogP contribution in [0.2, 0.25) is 0 Å². The highest BCUT2D eigenvalue weighted by atomic mass is 127. The molecule has 0 saturated carbocycles. The van der Waals surface area contributed by atoms with E-state index in [2.05, 4.69) is 29.5 Å². The number of alkyl halides is 1. The largest absolute Gasteiger partial charge is 0.376 e. The van der Waals surface area contributed by atoms with Crippen molar-refractivity contribution < 1.29 is 13.2 Å². The Balaban J connectivity index is 2.10. The maximum absolute atomic E-state index is 12.8. The van der Waals surface area contributed by atoms with Crippen LogP contribution in [0.15, 0.2) is 29.2 Å². The summed E-state index contributed by atoms with van der Waals surface area (Å²) in [5, 5.41) is 0. The van der Waals surface area contributed by atoms with E-state index in [9.17, 15) is 8.42 Å². The number of rotatable bonds is 7. The fourth-order valence-electron chi connectivity index (χ4n) is 2.57. The third-order valence-electron chi connectivity index (χ3n) is 4.03. The molecule has 2 unspecified atom stereocenters. The second kappa shape index (κ2) is 8.08. The third kappa shape index (κ3) is 4.21. The highest BCUT2D eigenvalue weighted by Crippen LogP contribution is 2.28. The number of ether oxygens (including phenoxy) is 1. The average Bonchev–Trinajstić information content (AvgIpc) is 2.92. The molecule has 0 aliphatic carbocycles. The van der Waals surface area contributed by atoms with Gasteiger partial charge >= 0.3 is 0 Å². The molecule has 0 amide bonds. The lowest BCUT2D eigenvalue weighted by Gasteiger charge is -2.17. The van der Waals surface area contributed by atoms with Crippen molar-refractivity contribution >= 4 is 32.6 Å². The average molecular weight is 437 g/mol. The van der Waals surface area contributed by atoms with E-state index in [4.69, 9.17) is 4.74 Å². The van der Waals surface area contributed by atoms with Crippen molar-refractivity contribution in [3.8, 4) is 0 Å². The van der Waals surface area contributed by atoms with E-state index in [1.807, 2.05) is 19.1 Å². The van der Waals surface area contributed by atoms with Crippen molar-refractivity contribution in [2.24, 2.45) is 5.92 Å². The fourth-order valence-corrected chi connectivity index (χ4v) is 4.93. The van der Waals surface area contributed by atoms with Gasteiger partial charge in [0.25, 0.3) is 0 Å². The number of sulfonamides is 1. The van der Waals surface area contributed by atoms with Gasteiger partial charge in [-0.2, -0.15) is 4.31 Å². The number of aryl methyl sites for hydroxylation is 1. The Labute approximate surface area is 147 Å². The Kier molecular flexibility index (Phi) is 6.67. The zero-order valence-corrected chi connectivity index (χ0v) is 16.1. The number of unbranched alkanes of at least 4 members (excludes halogenated alkanes) is 1. The number of nitrogens with zero attached hydrogens (tertiary/aromatic N) is 1. The second-order valence-corrected chi connectivity index (χ2v) is 8.63. The minimum Gasteiger partial charge on any atom is -0.376 e. The molecular formula is C16H24INO3S. The molecule has 1 saturated heterocycles. The molecule has 1 fully saturated rings. The van der Waals surface area contributed by atoms with Crippen LogP contribution in [0.4, 0.5) is 0 Å². The Morgan fingerprint density at radius 3 is 2.55 bits per heavy atom. The van der Waals surface area contributed by atoms with Crippen molar-refractivity contribution in [2.75, 3.05) is 24.1 Å². The van der Waals surface area contributed by atoms with Gasteiger partial charge in [-0.1, -0.05) is 53.6 Å². The fraction of sp³-hybridized carbons (Fsp3) is 0.625. The molecule has 0 N–H and O–H groups in total. The summed E-state index contributed by atoms with van der Waals surface area (Å²) in [5.41, 5.74) is 1.06. The number of benzene rings is 1. The van der Waals surface area contributed by atoms with Gasteiger partial charge in [-0.05, 0) is 25.5 Å². The van der Waals surface area contributed by atoms with Crippen LogP contribution in [-0.4, -0.2) is 43.0 Å². The first kappa shape index (κ1) is 18.2. The van der Waals surface area contributed by atoms with E-state index in [-0.39, 0.29) is 12.0 Å². The molecule has 0 bridgehead atoms. The van der Waals surface area contributed by atoms with Gasteiger partial charge in [-0.25, -0.2) is 8.42 Å². The molecule has 1 aliphatic rings. The van der Waals surface area contributed by atoms with Gasteiger partial charge in [0, 0.05) is 30.0 Å². The smallest absolute Gasteiger partial charge is 0.243 e. The predicted molar refractivity (Wildman–Crippen MR) is 97.0 cm³/mol. The minimum atomic E-state index is -3.41. The molecule has 0 spiro atoms. The maximum Gasteiger partial charge on any atom is 0.243 e.